The van der Waals surface area contributed by atoms with Crippen LogP contribution < -0.4 is 14.2 Å². The third-order valence-electron chi connectivity index (χ3n) is 4.65. The summed E-state index contributed by atoms with van der Waals surface area (Å²) in [6.45, 7) is 3.77. The molecular weight excluding hydrogens is 308 g/mol. The first-order valence-electron chi connectivity index (χ1n) is 8.20. The highest BCUT2D eigenvalue weighted by Gasteiger charge is 2.27. The lowest BCUT2D eigenvalue weighted by Crippen LogP contribution is -2.39. The third kappa shape index (κ3) is 2.66. The molecular formula is C18H24N2O4. The molecule has 1 aliphatic heterocycles. The third-order valence-corrected chi connectivity index (χ3v) is 4.65. The number of hydrogen-bond acceptors (Lipinski definition) is 4. The van der Waals surface area contributed by atoms with Gasteiger partial charge < -0.3 is 24.1 Å². The maximum atomic E-state index is 13.0. The fourth-order valence-electron chi connectivity index (χ4n) is 3.47. The van der Waals surface area contributed by atoms with Gasteiger partial charge in [0.1, 0.15) is 0 Å². The van der Waals surface area contributed by atoms with E-state index < -0.39 is 0 Å². The number of amides is 1. The number of H-pyrrole nitrogens is 1. The van der Waals surface area contributed by atoms with E-state index in [1.807, 2.05) is 11.0 Å². The van der Waals surface area contributed by atoms with Crippen LogP contribution in [0.1, 0.15) is 30.1 Å². The Kier molecular flexibility index (Phi) is 4.55. The Balaban J connectivity index is 2.10. The summed E-state index contributed by atoms with van der Waals surface area (Å²) < 4.78 is 16.4. The Morgan fingerprint density at radius 1 is 1.21 bits per heavy atom. The number of nitrogens with zero attached hydrogens (tertiary/aromatic N) is 1. The number of piperidine rings is 1. The van der Waals surface area contributed by atoms with Crippen LogP contribution in [-0.2, 0) is 0 Å². The van der Waals surface area contributed by atoms with E-state index in [0.29, 0.717) is 28.7 Å². The summed E-state index contributed by atoms with van der Waals surface area (Å²) in [6.07, 6.45) is 3.96. The number of benzene rings is 1. The average Bonchev–Trinajstić information content (AvgIpc) is 3.02. The number of carbonyl (C=O) groups excluding carboxylic acids is 1. The van der Waals surface area contributed by atoms with Crippen LogP contribution in [0.3, 0.4) is 0 Å². The smallest absolute Gasteiger partial charge is 0.256 e. The second-order valence-electron chi connectivity index (χ2n) is 6.27. The van der Waals surface area contributed by atoms with Gasteiger partial charge in [0, 0.05) is 25.4 Å². The monoisotopic (exact) mass is 332 g/mol. The van der Waals surface area contributed by atoms with E-state index in [-0.39, 0.29) is 5.91 Å². The maximum Gasteiger partial charge on any atom is 0.256 e. The van der Waals surface area contributed by atoms with E-state index in [2.05, 4.69) is 11.9 Å². The number of rotatable bonds is 4. The van der Waals surface area contributed by atoms with Crippen LogP contribution >= 0.6 is 0 Å². The molecule has 24 heavy (non-hydrogen) atoms. The second-order valence-corrected chi connectivity index (χ2v) is 6.27. The van der Waals surface area contributed by atoms with Crippen molar-refractivity contribution in [2.24, 2.45) is 5.92 Å². The zero-order valence-electron chi connectivity index (χ0n) is 14.6. The molecule has 0 saturated carbocycles. The van der Waals surface area contributed by atoms with Crippen molar-refractivity contribution in [3.05, 3.63) is 17.8 Å². The van der Waals surface area contributed by atoms with Gasteiger partial charge in [-0.1, -0.05) is 6.92 Å². The number of likely N-dealkylation sites (tertiary alicyclic amines) is 1. The van der Waals surface area contributed by atoms with E-state index in [1.165, 1.54) is 6.42 Å². The van der Waals surface area contributed by atoms with Gasteiger partial charge >= 0.3 is 0 Å². The fraction of sp³-hybridized carbons (Fsp3) is 0.500. The minimum Gasteiger partial charge on any atom is -0.493 e. The molecule has 2 aromatic rings. The molecule has 1 aromatic heterocycles. The van der Waals surface area contributed by atoms with Crippen molar-refractivity contribution in [2.75, 3.05) is 34.4 Å². The first-order chi connectivity index (χ1) is 11.6. The number of nitrogens with one attached hydrogen (secondary N) is 1. The lowest BCUT2D eigenvalue weighted by Gasteiger charge is -2.30. The van der Waals surface area contributed by atoms with Gasteiger partial charge in [0.15, 0.2) is 11.5 Å². The zero-order chi connectivity index (χ0) is 17.3. The van der Waals surface area contributed by atoms with Gasteiger partial charge in [0.05, 0.1) is 37.8 Å². The Morgan fingerprint density at radius 3 is 2.58 bits per heavy atom. The van der Waals surface area contributed by atoms with Gasteiger partial charge in [-0.3, -0.25) is 4.79 Å². The first-order valence-corrected chi connectivity index (χ1v) is 8.20. The number of fused-ring (bicyclic) bond motifs is 1. The minimum atomic E-state index is 0.0262. The maximum absolute atomic E-state index is 13.0. The highest BCUT2D eigenvalue weighted by molar-refractivity contribution is 6.10. The van der Waals surface area contributed by atoms with Crippen molar-refractivity contribution >= 4 is 16.8 Å². The summed E-state index contributed by atoms with van der Waals surface area (Å²) in [5, 5.41) is 0.735. The Labute approximate surface area is 141 Å². The van der Waals surface area contributed by atoms with Crippen LogP contribution in [0, 0.1) is 5.92 Å². The van der Waals surface area contributed by atoms with Crippen molar-refractivity contribution < 1.29 is 19.0 Å². The summed E-state index contributed by atoms with van der Waals surface area (Å²) in [7, 11) is 4.71. The largest absolute Gasteiger partial charge is 0.493 e. The van der Waals surface area contributed by atoms with Gasteiger partial charge in [-0.25, -0.2) is 0 Å². The molecule has 0 radical (unpaired) electrons. The fourth-order valence-corrected chi connectivity index (χ4v) is 3.47. The molecule has 1 aromatic carbocycles. The molecule has 2 heterocycles. The molecule has 1 atom stereocenters. The minimum absolute atomic E-state index is 0.0262. The number of aromatic nitrogens is 1. The molecule has 130 valence electrons. The molecule has 1 N–H and O–H groups in total. The number of methoxy groups -OCH3 is 3. The number of ether oxygens (including phenoxy) is 3. The summed E-state index contributed by atoms with van der Waals surface area (Å²) >= 11 is 0. The summed E-state index contributed by atoms with van der Waals surface area (Å²) in [4.78, 5) is 18.1. The molecule has 0 aliphatic carbocycles. The van der Waals surface area contributed by atoms with E-state index >= 15 is 0 Å². The quantitative estimate of drug-likeness (QED) is 0.934. The van der Waals surface area contributed by atoms with E-state index in [0.717, 1.165) is 30.4 Å². The normalized spacial score (nSPS) is 17.8. The Hall–Kier alpha value is -2.37. The summed E-state index contributed by atoms with van der Waals surface area (Å²) in [6, 6.07) is 1.83. The van der Waals surface area contributed by atoms with Gasteiger partial charge in [0.2, 0.25) is 5.75 Å². The Morgan fingerprint density at radius 2 is 1.96 bits per heavy atom. The number of hydrogen-bond donors (Lipinski definition) is 1. The predicted molar refractivity (Wildman–Crippen MR) is 92.3 cm³/mol. The van der Waals surface area contributed by atoms with Gasteiger partial charge in [-0.05, 0) is 18.8 Å². The Bertz CT molecular complexity index is 753. The molecule has 0 spiro atoms. The second kappa shape index (κ2) is 6.63. The highest BCUT2D eigenvalue weighted by Crippen LogP contribution is 2.44. The molecule has 1 fully saturated rings. The first kappa shape index (κ1) is 16.5. The van der Waals surface area contributed by atoms with Crippen LogP contribution in [0.15, 0.2) is 12.3 Å². The van der Waals surface area contributed by atoms with Crippen molar-refractivity contribution in [1.82, 2.24) is 9.88 Å². The molecule has 0 bridgehead atoms. The molecule has 1 aliphatic rings. The lowest BCUT2D eigenvalue weighted by atomic mass is 9.99. The summed E-state index contributed by atoms with van der Waals surface area (Å²) in [5.41, 5.74) is 1.40. The van der Waals surface area contributed by atoms with Crippen LogP contribution in [0.4, 0.5) is 0 Å². The predicted octanol–water partition coefficient (Wildman–Crippen LogP) is 3.07. The van der Waals surface area contributed by atoms with Gasteiger partial charge in [-0.2, -0.15) is 0 Å². The molecule has 6 heteroatoms. The van der Waals surface area contributed by atoms with Crippen LogP contribution in [-0.4, -0.2) is 50.2 Å². The molecule has 1 amide bonds. The topological polar surface area (TPSA) is 63.8 Å². The van der Waals surface area contributed by atoms with Gasteiger partial charge in [0.25, 0.3) is 5.91 Å². The van der Waals surface area contributed by atoms with Crippen LogP contribution in [0.5, 0.6) is 17.2 Å². The molecule has 1 unspecified atom stereocenters. The van der Waals surface area contributed by atoms with Crippen LogP contribution in [0.25, 0.3) is 10.9 Å². The van der Waals surface area contributed by atoms with Crippen molar-refractivity contribution in [2.45, 2.75) is 19.8 Å². The van der Waals surface area contributed by atoms with Crippen molar-refractivity contribution in [1.29, 1.82) is 0 Å². The lowest BCUT2D eigenvalue weighted by molar-refractivity contribution is 0.0685. The molecule has 1 saturated heterocycles. The molecule has 3 rings (SSSR count). The molecule has 6 nitrogen and oxygen atoms in total. The van der Waals surface area contributed by atoms with Crippen molar-refractivity contribution in [3.8, 4) is 17.2 Å². The van der Waals surface area contributed by atoms with Crippen molar-refractivity contribution in [3.63, 3.8) is 0 Å². The summed E-state index contributed by atoms with van der Waals surface area (Å²) in [5.74, 6) is 2.13. The standard InChI is InChI=1S/C18H24N2O4/c1-11-6-5-7-20(10-11)18(21)12-9-19-13-8-14(22-2)16(23-3)17(24-4)15(12)13/h8-9,11,19H,5-7,10H2,1-4H3. The zero-order valence-corrected chi connectivity index (χ0v) is 14.6. The van der Waals surface area contributed by atoms with E-state index in [1.54, 1.807) is 27.5 Å². The number of carbonyl (C=O) groups is 1. The van der Waals surface area contributed by atoms with E-state index in [4.69, 9.17) is 14.2 Å². The number of aromatic amines is 1. The van der Waals surface area contributed by atoms with E-state index in [9.17, 15) is 4.79 Å². The SMILES string of the molecule is COc1cc2[nH]cc(C(=O)N3CCCC(C)C3)c2c(OC)c1OC. The van der Waals surface area contributed by atoms with Gasteiger partial charge in [-0.15, -0.1) is 0 Å². The van der Waals surface area contributed by atoms with Crippen LogP contribution in [0.2, 0.25) is 0 Å². The average molecular weight is 332 g/mol. The highest BCUT2D eigenvalue weighted by atomic mass is 16.5.